The molecule has 2 aromatic rings. The number of carbonyl (C=O) groups excluding carboxylic acids is 10. The summed E-state index contributed by atoms with van der Waals surface area (Å²) in [5.41, 5.74) is -0.245. The Kier molecular flexibility index (Phi) is 20.9. The second-order valence-electron chi connectivity index (χ2n) is 28.4. The summed E-state index contributed by atoms with van der Waals surface area (Å²) >= 11 is 0. The van der Waals surface area contributed by atoms with E-state index >= 15 is 24.0 Å². The predicted octanol–water partition coefficient (Wildman–Crippen LogP) is 4.04. The molecule has 0 spiro atoms. The van der Waals surface area contributed by atoms with Crippen LogP contribution in [0.2, 0.25) is 0 Å². The largest absolute Gasteiger partial charge is 0.386 e. The van der Waals surface area contributed by atoms with E-state index in [1.807, 2.05) is 102 Å². The molecule has 0 unspecified atom stereocenters. The molecule has 2 aromatic carbocycles. The van der Waals surface area contributed by atoms with Gasteiger partial charge in [-0.05, 0) is 132 Å². The molecule has 0 aliphatic carbocycles. The molecule has 0 bridgehead atoms. The van der Waals surface area contributed by atoms with E-state index in [4.69, 9.17) is 0 Å². The van der Waals surface area contributed by atoms with Crippen LogP contribution in [-0.4, -0.2) is 187 Å². The number of carbonyl (C=O) groups is 10. The van der Waals surface area contributed by atoms with Crippen molar-refractivity contribution >= 4 is 64.8 Å². The van der Waals surface area contributed by atoms with Crippen LogP contribution in [-0.2, 0) is 59.8 Å². The molecule has 7 heterocycles. The van der Waals surface area contributed by atoms with E-state index in [1.165, 1.54) is 24.5 Å². The van der Waals surface area contributed by atoms with Gasteiger partial charge in [-0.2, -0.15) is 0 Å². The fraction of sp³-hybridized carbons (Fsp3) is 0.647. The SMILES string of the molecule is CC(C)C[C@@H]1NC(=O)[C@@H]2C[C@]3(/C=C/C(C)(C)O)c4ccccc4N[C@H]3N2C(=O)[C@@H]2CCCN2C(=O)[C@H](C(C)C)NC(=O)[C@@H]2CCCN2C(=O)[C@H](CC(C)C)NC(=O)[C@@H]2CCCN2C(=O)[C@H](CC(C)C)NC(=O)[C@@H]2CCCN2C(=O)[C@H](Cc2ccccc2)NC1=O. The van der Waals surface area contributed by atoms with Crippen molar-refractivity contribution in [2.45, 2.75) is 230 Å². The standard InChI is InChI=1S/C68H97N11O11/c1-39(2)34-46-56(80)70-49(37-43-20-12-11-13-21-43)63(87)76-31-17-25-51(76)58(82)71-47(35-40(3)4)61(85)75-30-16-24-50(75)57(81)72-48(36-41(5)6)62(86)77-32-18-26-52(77)59(83)74-55(42(7)8)65(89)78-33-19-27-53(78)64(88)79-54(60(84)69-46)38-68(29-28-67(9,10)90)44-22-14-15-23-45(44)73-66(68)79/h11-15,20-23,28-29,39-42,46-55,66,73,90H,16-19,24-27,30-38H2,1-10H3,(H,69,84)(H,70,80)(H,71,82)(H,72,81)(H,74,83)/b29-28+/t46-,47-,48-,49-,50-,51-,52-,53-,54-,55-,66-,68+/m0/s1. The first-order valence-corrected chi connectivity index (χ1v) is 33.1. The topological polar surface area (TPSA) is 279 Å². The molecule has 7 aliphatic rings. The van der Waals surface area contributed by atoms with Gasteiger partial charge in [-0.25, -0.2) is 0 Å². The number of hydrogen-bond acceptors (Lipinski definition) is 12. The molecular weight excluding hydrogens is 1150 g/mol. The van der Waals surface area contributed by atoms with E-state index in [1.54, 1.807) is 33.8 Å². The van der Waals surface area contributed by atoms with Crippen molar-refractivity contribution in [1.29, 1.82) is 0 Å². The number of para-hydroxylation sites is 1. The quantitative estimate of drug-likeness (QED) is 0.157. The Balaban J connectivity index is 1.12. The van der Waals surface area contributed by atoms with Gasteiger partial charge in [0.1, 0.15) is 66.6 Å². The first-order chi connectivity index (χ1) is 42.7. The third-order valence-electron chi connectivity index (χ3n) is 19.1. The highest BCUT2D eigenvalue weighted by Crippen LogP contribution is 2.53. The minimum absolute atomic E-state index is 0.00126. The first kappa shape index (κ1) is 67.0. The minimum Gasteiger partial charge on any atom is -0.386 e. The smallest absolute Gasteiger partial charge is 0.247 e. The Hall–Kier alpha value is -7.36. The van der Waals surface area contributed by atoms with Crippen molar-refractivity contribution in [2.24, 2.45) is 23.7 Å². The maximum Gasteiger partial charge on any atom is 0.247 e. The van der Waals surface area contributed by atoms with E-state index in [9.17, 15) is 29.1 Å². The molecule has 6 saturated heterocycles. The Morgan fingerprint density at radius 1 is 0.489 bits per heavy atom. The van der Waals surface area contributed by atoms with E-state index in [0.717, 1.165) is 11.1 Å². The maximum atomic E-state index is 16.0. The summed E-state index contributed by atoms with van der Waals surface area (Å²) in [5, 5.41) is 29.8. The molecule has 6 fully saturated rings. The molecule has 12 atom stereocenters. The highest BCUT2D eigenvalue weighted by atomic mass is 16.3. The van der Waals surface area contributed by atoms with Gasteiger partial charge in [0.05, 0.1) is 11.0 Å². The lowest BCUT2D eigenvalue weighted by Gasteiger charge is -2.37. The summed E-state index contributed by atoms with van der Waals surface area (Å²) in [4.78, 5) is 159. The summed E-state index contributed by atoms with van der Waals surface area (Å²) in [6.45, 7) is 19.1. The van der Waals surface area contributed by atoms with Crippen LogP contribution in [0.1, 0.15) is 157 Å². The van der Waals surface area contributed by atoms with Crippen molar-refractivity contribution in [2.75, 3.05) is 31.5 Å². The van der Waals surface area contributed by atoms with Gasteiger partial charge >= 0.3 is 0 Å². The molecule has 0 aromatic heterocycles. The second-order valence-corrected chi connectivity index (χ2v) is 28.4. The summed E-state index contributed by atoms with van der Waals surface area (Å²) in [6.07, 6.45) is 6.08. The highest BCUT2D eigenvalue weighted by Gasteiger charge is 2.61. The average Bonchev–Trinajstić information content (AvgIpc) is 1.55. The molecule has 490 valence electrons. The number of amides is 10. The number of fused-ring (bicyclic) bond motifs is 9. The van der Waals surface area contributed by atoms with Crippen LogP contribution in [0, 0.1) is 23.7 Å². The second kappa shape index (κ2) is 28.0. The van der Waals surface area contributed by atoms with E-state index < -0.39 is 143 Å². The van der Waals surface area contributed by atoms with Gasteiger partial charge in [-0.15, -0.1) is 0 Å². The van der Waals surface area contributed by atoms with Crippen LogP contribution in [0.4, 0.5) is 5.69 Å². The predicted molar refractivity (Wildman–Crippen MR) is 338 cm³/mol. The normalized spacial score (nSPS) is 30.5. The van der Waals surface area contributed by atoms with Gasteiger partial charge in [0.15, 0.2) is 0 Å². The summed E-state index contributed by atoms with van der Waals surface area (Å²) in [6, 6.07) is 5.52. The molecule has 9 rings (SSSR count). The maximum absolute atomic E-state index is 16.0. The zero-order valence-corrected chi connectivity index (χ0v) is 54.3. The van der Waals surface area contributed by atoms with E-state index in [2.05, 4.69) is 31.9 Å². The minimum atomic E-state index is -1.32. The first-order valence-electron chi connectivity index (χ1n) is 33.1. The Morgan fingerprint density at radius 3 is 1.41 bits per heavy atom. The fourth-order valence-corrected chi connectivity index (χ4v) is 14.8. The third-order valence-corrected chi connectivity index (χ3v) is 19.1. The van der Waals surface area contributed by atoms with Crippen molar-refractivity contribution in [3.8, 4) is 0 Å². The lowest BCUT2D eigenvalue weighted by Crippen LogP contribution is -2.62. The van der Waals surface area contributed by atoms with Crippen molar-refractivity contribution in [3.63, 3.8) is 0 Å². The zero-order valence-electron chi connectivity index (χ0n) is 54.3. The highest BCUT2D eigenvalue weighted by molar-refractivity contribution is 6.01. The average molecular weight is 1240 g/mol. The number of nitrogens with zero attached hydrogens (tertiary/aromatic N) is 5. The van der Waals surface area contributed by atoms with E-state index in [0.29, 0.717) is 37.8 Å². The van der Waals surface area contributed by atoms with Crippen LogP contribution in [0.25, 0.3) is 0 Å². The van der Waals surface area contributed by atoms with Gasteiger partial charge < -0.3 is 61.5 Å². The van der Waals surface area contributed by atoms with Gasteiger partial charge in [0, 0.05) is 38.3 Å². The van der Waals surface area contributed by atoms with E-state index in [-0.39, 0.29) is 95.3 Å². The van der Waals surface area contributed by atoms with Crippen LogP contribution in [0.5, 0.6) is 0 Å². The Labute approximate surface area is 530 Å². The van der Waals surface area contributed by atoms with Gasteiger partial charge in [0.25, 0.3) is 0 Å². The molecule has 0 radical (unpaired) electrons. The summed E-state index contributed by atoms with van der Waals surface area (Å²) in [7, 11) is 0. The van der Waals surface area contributed by atoms with Crippen molar-refractivity contribution in [1.82, 2.24) is 51.1 Å². The summed E-state index contributed by atoms with van der Waals surface area (Å²) < 4.78 is 0. The molecular formula is C68H97N11O11. The monoisotopic (exact) mass is 1240 g/mol. The lowest BCUT2D eigenvalue weighted by atomic mass is 9.77. The molecule has 22 nitrogen and oxygen atoms in total. The number of aliphatic hydroxyl groups is 1. The summed E-state index contributed by atoms with van der Waals surface area (Å²) in [5.74, 6) is -6.31. The van der Waals surface area contributed by atoms with Gasteiger partial charge in [-0.1, -0.05) is 116 Å². The van der Waals surface area contributed by atoms with Crippen LogP contribution < -0.4 is 31.9 Å². The van der Waals surface area contributed by atoms with Gasteiger partial charge in [0.2, 0.25) is 59.1 Å². The molecule has 7 aliphatic heterocycles. The number of benzene rings is 2. The van der Waals surface area contributed by atoms with Gasteiger partial charge in [-0.3, -0.25) is 47.9 Å². The number of anilines is 1. The number of nitrogens with one attached hydrogen (secondary N) is 6. The molecule has 0 saturated carbocycles. The zero-order chi connectivity index (χ0) is 65.1. The molecule has 22 heteroatoms. The van der Waals surface area contributed by atoms with Crippen LogP contribution in [0.3, 0.4) is 0 Å². The fourth-order valence-electron chi connectivity index (χ4n) is 14.8. The third kappa shape index (κ3) is 14.5. The lowest BCUT2D eigenvalue weighted by molar-refractivity contribution is -0.150. The van der Waals surface area contributed by atoms with Crippen LogP contribution in [0.15, 0.2) is 66.7 Å². The van der Waals surface area contributed by atoms with Crippen molar-refractivity contribution < 1.29 is 53.1 Å². The number of hydrogen-bond donors (Lipinski definition) is 7. The Bertz CT molecular complexity index is 3050. The molecule has 7 N–H and O–H groups in total. The van der Waals surface area contributed by atoms with Crippen LogP contribution >= 0.6 is 0 Å². The Morgan fingerprint density at radius 2 is 0.911 bits per heavy atom. The molecule has 90 heavy (non-hydrogen) atoms. The van der Waals surface area contributed by atoms with Crippen molar-refractivity contribution in [3.05, 3.63) is 77.9 Å². The number of rotatable bonds is 11. The molecule has 10 amide bonds.